The van der Waals surface area contributed by atoms with Gasteiger partial charge >= 0.3 is 0 Å². The summed E-state index contributed by atoms with van der Waals surface area (Å²) in [5.74, 6) is 0.0304. The number of hydrogen-bond donors (Lipinski definition) is 1. The second kappa shape index (κ2) is 6.48. The molecule has 0 saturated carbocycles. The first-order chi connectivity index (χ1) is 9.61. The van der Waals surface area contributed by atoms with Gasteiger partial charge in [0.1, 0.15) is 24.0 Å². The maximum atomic E-state index is 13.7. The highest BCUT2D eigenvalue weighted by atomic mass is 19.1. The van der Waals surface area contributed by atoms with Crippen molar-refractivity contribution in [2.24, 2.45) is 0 Å². The lowest BCUT2D eigenvalue weighted by Gasteiger charge is -2.18. The zero-order valence-corrected chi connectivity index (χ0v) is 11.5. The van der Waals surface area contributed by atoms with E-state index in [9.17, 15) is 8.78 Å². The Morgan fingerprint density at radius 3 is 2.50 bits per heavy atom. The molecule has 1 unspecified atom stereocenters. The van der Waals surface area contributed by atoms with Crippen LogP contribution in [-0.2, 0) is 0 Å². The number of rotatable bonds is 5. The van der Waals surface area contributed by atoms with Crippen LogP contribution in [0.2, 0.25) is 0 Å². The van der Waals surface area contributed by atoms with Gasteiger partial charge in [-0.25, -0.2) is 8.78 Å². The lowest BCUT2D eigenvalue weighted by Crippen LogP contribution is -2.24. The molecular weight excluding hydrogens is 260 g/mol. The van der Waals surface area contributed by atoms with Gasteiger partial charge in [0.05, 0.1) is 6.04 Å². The zero-order chi connectivity index (χ0) is 14.5. The molecule has 0 saturated heterocycles. The minimum absolute atomic E-state index is 0.262. The maximum Gasteiger partial charge on any atom is 0.128 e. The van der Waals surface area contributed by atoms with Crippen LogP contribution >= 0.6 is 0 Å². The average molecular weight is 277 g/mol. The molecule has 106 valence electrons. The quantitative estimate of drug-likeness (QED) is 0.901. The van der Waals surface area contributed by atoms with E-state index >= 15 is 0 Å². The highest BCUT2D eigenvalue weighted by molar-refractivity contribution is 5.29. The molecule has 2 nitrogen and oxygen atoms in total. The number of hydrogen-bond acceptors (Lipinski definition) is 2. The molecule has 20 heavy (non-hydrogen) atoms. The van der Waals surface area contributed by atoms with E-state index < -0.39 is 0 Å². The van der Waals surface area contributed by atoms with Crippen LogP contribution in [0.3, 0.4) is 0 Å². The first-order valence-electron chi connectivity index (χ1n) is 6.42. The van der Waals surface area contributed by atoms with Gasteiger partial charge in [-0.3, -0.25) is 0 Å². The number of aryl methyl sites for hydroxylation is 1. The standard InChI is InChI=1S/C16H17F2NO/c1-11-9-12(7-8-14(11)17)20-10-16(19-2)13-5-3-4-6-15(13)18/h3-9,16,19H,10H2,1-2H3. The predicted molar refractivity (Wildman–Crippen MR) is 74.8 cm³/mol. The molecule has 0 spiro atoms. The van der Waals surface area contributed by atoms with Crippen molar-refractivity contribution < 1.29 is 13.5 Å². The van der Waals surface area contributed by atoms with Crippen molar-refractivity contribution in [3.63, 3.8) is 0 Å². The van der Waals surface area contributed by atoms with E-state index in [1.807, 2.05) is 0 Å². The minimum Gasteiger partial charge on any atom is -0.492 e. The van der Waals surface area contributed by atoms with Crippen molar-refractivity contribution in [3.05, 3.63) is 65.2 Å². The van der Waals surface area contributed by atoms with Gasteiger partial charge in [-0.15, -0.1) is 0 Å². The SMILES string of the molecule is CNC(COc1ccc(F)c(C)c1)c1ccccc1F. The molecule has 0 heterocycles. The monoisotopic (exact) mass is 277 g/mol. The van der Waals surface area contributed by atoms with Crippen LogP contribution in [0.5, 0.6) is 5.75 Å². The molecule has 0 aliphatic heterocycles. The molecule has 2 aromatic rings. The van der Waals surface area contributed by atoms with Crippen LogP contribution in [-0.4, -0.2) is 13.7 Å². The Kier molecular flexibility index (Phi) is 4.69. The molecule has 0 aliphatic rings. The fourth-order valence-corrected chi connectivity index (χ4v) is 1.97. The summed E-state index contributed by atoms with van der Waals surface area (Å²) in [5.41, 5.74) is 1.07. The molecule has 4 heteroatoms. The third kappa shape index (κ3) is 3.33. The maximum absolute atomic E-state index is 13.7. The van der Waals surface area contributed by atoms with Crippen molar-refractivity contribution in [2.45, 2.75) is 13.0 Å². The van der Waals surface area contributed by atoms with Gasteiger partial charge in [-0.05, 0) is 43.8 Å². The van der Waals surface area contributed by atoms with Crippen molar-refractivity contribution in [1.29, 1.82) is 0 Å². The van der Waals surface area contributed by atoms with Gasteiger partial charge in [-0.2, -0.15) is 0 Å². The smallest absolute Gasteiger partial charge is 0.128 e. The lowest BCUT2D eigenvalue weighted by atomic mass is 10.1. The molecule has 0 radical (unpaired) electrons. The van der Waals surface area contributed by atoms with E-state index in [2.05, 4.69) is 5.32 Å². The van der Waals surface area contributed by atoms with Gasteiger partial charge in [0, 0.05) is 5.56 Å². The van der Waals surface area contributed by atoms with Crippen molar-refractivity contribution in [3.8, 4) is 5.75 Å². The molecule has 0 bridgehead atoms. The van der Waals surface area contributed by atoms with E-state index in [1.54, 1.807) is 44.3 Å². The number of halogens is 2. The fraction of sp³-hybridized carbons (Fsp3) is 0.250. The molecule has 0 amide bonds. The Hall–Kier alpha value is -1.94. The molecule has 0 aromatic heterocycles. The second-order valence-electron chi connectivity index (χ2n) is 4.58. The summed E-state index contributed by atoms with van der Waals surface area (Å²) in [7, 11) is 1.75. The number of ether oxygens (including phenoxy) is 1. The second-order valence-corrected chi connectivity index (χ2v) is 4.58. The number of nitrogens with one attached hydrogen (secondary N) is 1. The van der Waals surface area contributed by atoms with Crippen LogP contribution in [0, 0.1) is 18.6 Å². The Balaban J connectivity index is 2.08. The molecule has 1 N–H and O–H groups in total. The Labute approximate surface area is 117 Å². The highest BCUT2D eigenvalue weighted by Gasteiger charge is 2.14. The van der Waals surface area contributed by atoms with Crippen LogP contribution in [0.25, 0.3) is 0 Å². The molecule has 2 rings (SSSR count). The predicted octanol–water partition coefficient (Wildman–Crippen LogP) is 3.61. The zero-order valence-electron chi connectivity index (χ0n) is 11.5. The third-order valence-electron chi connectivity index (χ3n) is 3.18. The van der Waals surface area contributed by atoms with Gasteiger partial charge in [0.25, 0.3) is 0 Å². The van der Waals surface area contributed by atoms with Crippen LogP contribution in [0.15, 0.2) is 42.5 Å². The van der Waals surface area contributed by atoms with E-state index in [1.165, 1.54) is 12.1 Å². The van der Waals surface area contributed by atoms with E-state index in [-0.39, 0.29) is 24.3 Å². The largest absolute Gasteiger partial charge is 0.492 e. The first-order valence-corrected chi connectivity index (χ1v) is 6.42. The van der Waals surface area contributed by atoms with E-state index in [0.29, 0.717) is 16.9 Å². The molecular formula is C16H17F2NO. The number of likely N-dealkylation sites (N-methyl/N-ethyl adjacent to an activating group) is 1. The Bertz CT molecular complexity index is 586. The molecule has 0 aliphatic carbocycles. The Morgan fingerprint density at radius 2 is 1.85 bits per heavy atom. The van der Waals surface area contributed by atoms with Gasteiger partial charge in [-0.1, -0.05) is 18.2 Å². The van der Waals surface area contributed by atoms with Gasteiger partial charge < -0.3 is 10.1 Å². The summed E-state index contributed by atoms with van der Waals surface area (Å²) in [6.07, 6.45) is 0. The van der Waals surface area contributed by atoms with Crippen molar-refractivity contribution in [1.82, 2.24) is 5.32 Å². The Morgan fingerprint density at radius 1 is 1.10 bits per heavy atom. The summed E-state index contributed by atoms with van der Waals surface area (Å²) < 4.78 is 32.5. The third-order valence-corrected chi connectivity index (χ3v) is 3.18. The molecule has 2 aromatic carbocycles. The van der Waals surface area contributed by atoms with Crippen LogP contribution in [0.4, 0.5) is 8.78 Å². The average Bonchev–Trinajstić information content (AvgIpc) is 2.45. The number of benzene rings is 2. The first kappa shape index (κ1) is 14.5. The topological polar surface area (TPSA) is 21.3 Å². The molecule has 0 fully saturated rings. The van der Waals surface area contributed by atoms with Gasteiger partial charge in [0.15, 0.2) is 0 Å². The van der Waals surface area contributed by atoms with Crippen molar-refractivity contribution >= 4 is 0 Å². The van der Waals surface area contributed by atoms with E-state index in [0.717, 1.165) is 0 Å². The summed E-state index contributed by atoms with van der Waals surface area (Å²) in [6.45, 7) is 1.94. The summed E-state index contributed by atoms with van der Waals surface area (Å²) in [6, 6.07) is 10.9. The van der Waals surface area contributed by atoms with Crippen molar-refractivity contribution in [2.75, 3.05) is 13.7 Å². The lowest BCUT2D eigenvalue weighted by molar-refractivity contribution is 0.269. The van der Waals surface area contributed by atoms with Crippen LogP contribution < -0.4 is 10.1 Å². The van der Waals surface area contributed by atoms with E-state index in [4.69, 9.17) is 4.74 Å². The summed E-state index contributed by atoms with van der Waals surface area (Å²) in [4.78, 5) is 0. The molecule has 1 atom stereocenters. The minimum atomic E-state index is -0.272. The van der Waals surface area contributed by atoms with Crippen LogP contribution in [0.1, 0.15) is 17.2 Å². The highest BCUT2D eigenvalue weighted by Crippen LogP contribution is 2.20. The normalized spacial score (nSPS) is 12.2. The van der Waals surface area contributed by atoms with Gasteiger partial charge in [0.2, 0.25) is 0 Å². The fourth-order valence-electron chi connectivity index (χ4n) is 1.97. The summed E-state index contributed by atoms with van der Waals surface area (Å²) >= 11 is 0. The summed E-state index contributed by atoms with van der Waals surface area (Å²) in [5, 5.41) is 3.02.